The minimum atomic E-state index is -0.558. The Hall–Kier alpha value is -1.89. The van der Waals surface area contributed by atoms with Crippen molar-refractivity contribution in [3.8, 4) is 0 Å². The van der Waals surface area contributed by atoms with Crippen LogP contribution >= 0.6 is 0 Å². The molecule has 0 aliphatic rings. The van der Waals surface area contributed by atoms with Crippen molar-refractivity contribution in [3.63, 3.8) is 0 Å². The molecule has 0 aliphatic heterocycles. The van der Waals surface area contributed by atoms with Crippen LogP contribution in [0.15, 0.2) is 12.1 Å². The molecule has 7 heteroatoms. The Morgan fingerprint density at radius 1 is 1.53 bits per heavy atom. The molecule has 1 heterocycles. The fourth-order valence-corrected chi connectivity index (χ4v) is 1.91. The van der Waals surface area contributed by atoms with Crippen LogP contribution in [-0.2, 0) is 0 Å². The van der Waals surface area contributed by atoms with E-state index < -0.39 is 4.92 Å². The van der Waals surface area contributed by atoms with E-state index in [9.17, 15) is 10.1 Å². The Bertz CT molecular complexity index is 419. The number of pyridine rings is 1. The fourth-order valence-electron chi connectivity index (χ4n) is 1.91. The topological polar surface area (TPSA) is 114 Å². The predicted octanol–water partition coefficient (Wildman–Crippen LogP) is 1.78. The van der Waals surface area contributed by atoms with Crippen LogP contribution in [0.4, 0.5) is 17.3 Å². The van der Waals surface area contributed by atoms with Crippen LogP contribution in [0.1, 0.15) is 26.2 Å². The zero-order valence-electron chi connectivity index (χ0n) is 11.0. The maximum absolute atomic E-state index is 10.6. The summed E-state index contributed by atoms with van der Waals surface area (Å²) in [6, 6.07) is 2.88. The number of anilines is 2. The summed E-state index contributed by atoms with van der Waals surface area (Å²) in [5.41, 5.74) is 5.32. The van der Waals surface area contributed by atoms with Crippen molar-refractivity contribution in [1.82, 2.24) is 4.98 Å². The van der Waals surface area contributed by atoms with Gasteiger partial charge < -0.3 is 16.2 Å². The molecule has 1 rings (SSSR count). The van der Waals surface area contributed by atoms with Gasteiger partial charge in [0.2, 0.25) is 5.82 Å². The van der Waals surface area contributed by atoms with Gasteiger partial charge in [0.05, 0.1) is 4.92 Å². The molecule has 0 spiro atoms. The largest absolute Gasteiger partial charge is 0.396 e. The quantitative estimate of drug-likeness (QED) is 0.489. The maximum Gasteiger partial charge on any atom is 0.311 e. The highest BCUT2D eigenvalue weighted by atomic mass is 16.6. The third kappa shape index (κ3) is 4.70. The molecule has 1 aromatic heterocycles. The van der Waals surface area contributed by atoms with Gasteiger partial charge in [-0.25, -0.2) is 4.98 Å². The molecule has 106 valence electrons. The summed E-state index contributed by atoms with van der Waals surface area (Å²) in [5, 5.41) is 22.7. The molecular weight excluding hydrogens is 248 g/mol. The van der Waals surface area contributed by atoms with Gasteiger partial charge in [-0.2, -0.15) is 0 Å². The van der Waals surface area contributed by atoms with E-state index in [1.165, 1.54) is 12.1 Å². The number of nitro groups is 1. The molecular formula is C12H20N4O3. The number of hydrogen-bond acceptors (Lipinski definition) is 6. The molecule has 0 fully saturated rings. The summed E-state index contributed by atoms with van der Waals surface area (Å²) in [6.07, 6.45) is 2.78. The van der Waals surface area contributed by atoms with Gasteiger partial charge in [0.1, 0.15) is 5.82 Å². The van der Waals surface area contributed by atoms with Gasteiger partial charge in [-0.05, 0) is 24.8 Å². The number of aliphatic hydroxyl groups excluding tert-OH is 1. The summed E-state index contributed by atoms with van der Waals surface area (Å²) < 4.78 is 0. The first kappa shape index (κ1) is 15.2. The third-order valence-corrected chi connectivity index (χ3v) is 2.91. The standard InChI is InChI=1S/C12H20N4O3/c1-2-3-9(6-7-17)8-14-11-5-4-10(16(18)19)12(13)15-11/h4-5,9,17H,2-3,6-8H2,1H3,(H3,13,14,15). The molecule has 0 amide bonds. The molecule has 4 N–H and O–H groups in total. The average molecular weight is 268 g/mol. The predicted molar refractivity (Wildman–Crippen MR) is 73.9 cm³/mol. The lowest BCUT2D eigenvalue weighted by Crippen LogP contribution is -2.16. The van der Waals surface area contributed by atoms with Crippen molar-refractivity contribution in [2.45, 2.75) is 26.2 Å². The number of nitrogens with two attached hydrogens (primary N) is 1. The first-order valence-corrected chi connectivity index (χ1v) is 6.34. The Morgan fingerprint density at radius 3 is 2.79 bits per heavy atom. The fraction of sp³-hybridized carbons (Fsp3) is 0.583. The summed E-state index contributed by atoms with van der Waals surface area (Å²) in [5.74, 6) is 0.777. The lowest BCUT2D eigenvalue weighted by atomic mass is 10.0. The van der Waals surface area contributed by atoms with Crippen LogP contribution in [-0.4, -0.2) is 28.2 Å². The van der Waals surface area contributed by atoms with Gasteiger partial charge in [0, 0.05) is 19.2 Å². The number of rotatable bonds is 8. The van der Waals surface area contributed by atoms with Crippen molar-refractivity contribution in [2.24, 2.45) is 5.92 Å². The molecule has 0 bridgehead atoms. The van der Waals surface area contributed by atoms with E-state index in [1.807, 2.05) is 0 Å². The van der Waals surface area contributed by atoms with E-state index >= 15 is 0 Å². The van der Waals surface area contributed by atoms with Crippen LogP contribution in [0.3, 0.4) is 0 Å². The molecule has 0 radical (unpaired) electrons. The second kappa shape index (κ2) is 7.52. The highest BCUT2D eigenvalue weighted by Crippen LogP contribution is 2.21. The van der Waals surface area contributed by atoms with Gasteiger partial charge in [-0.1, -0.05) is 13.3 Å². The SMILES string of the molecule is CCCC(CCO)CNc1ccc([N+](=O)[O-])c(N)n1. The van der Waals surface area contributed by atoms with Crippen molar-refractivity contribution in [2.75, 3.05) is 24.2 Å². The minimum absolute atomic E-state index is 0.0933. The smallest absolute Gasteiger partial charge is 0.311 e. The lowest BCUT2D eigenvalue weighted by molar-refractivity contribution is -0.384. The Morgan fingerprint density at radius 2 is 2.26 bits per heavy atom. The van der Waals surface area contributed by atoms with Gasteiger partial charge >= 0.3 is 5.69 Å². The first-order valence-electron chi connectivity index (χ1n) is 6.34. The van der Waals surface area contributed by atoms with Crippen molar-refractivity contribution < 1.29 is 10.0 Å². The highest BCUT2D eigenvalue weighted by molar-refractivity contribution is 5.57. The van der Waals surface area contributed by atoms with Gasteiger partial charge in [0.25, 0.3) is 0 Å². The van der Waals surface area contributed by atoms with Crippen LogP contribution in [0.2, 0.25) is 0 Å². The van der Waals surface area contributed by atoms with Crippen molar-refractivity contribution in [3.05, 3.63) is 22.2 Å². The highest BCUT2D eigenvalue weighted by Gasteiger charge is 2.13. The summed E-state index contributed by atoms with van der Waals surface area (Å²) in [4.78, 5) is 14.0. The van der Waals surface area contributed by atoms with Gasteiger partial charge in [0.15, 0.2) is 0 Å². The summed E-state index contributed by atoms with van der Waals surface area (Å²) in [6.45, 7) is 2.91. The van der Waals surface area contributed by atoms with Gasteiger partial charge in [-0.15, -0.1) is 0 Å². The molecule has 7 nitrogen and oxygen atoms in total. The Kier molecular flexibility index (Phi) is 6.01. The maximum atomic E-state index is 10.6. The van der Waals surface area contributed by atoms with E-state index in [4.69, 9.17) is 10.8 Å². The molecule has 1 aromatic rings. The molecule has 1 atom stereocenters. The van der Waals surface area contributed by atoms with Crippen LogP contribution in [0.25, 0.3) is 0 Å². The molecule has 0 saturated carbocycles. The van der Waals surface area contributed by atoms with E-state index in [1.54, 1.807) is 0 Å². The number of nitrogen functional groups attached to an aromatic ring is 1. The lowest BCUT2D eigenvalue weighted by Gasteiger charge is -2.16. The van der Waals surface area contributed by atoms with Crippen LogP contribution in [0.5, 0.6) is 0 Å². The van der Waals surface area contributed by atoms with Crippen LogP contribution in [0, 0.1) is 16.0 Å². The van der Waals surface area contributed by atoms with Gasteiger partial charge in [-0.3, -0.25) is 10.1 Å². The van der Waals surface area contributed by atoms with E-state index in [0.29, 0.717) is 18.3 Å². The van der Waals surface area contributed by atoms with E-state index in [-0.39, 0.29) is 18.1 Å². The number of nitrogens with zero attached hydrogens (tertiary/aromatic N) is 2. The zero-order chi connectivity index (χ0) is 14.3. The second-order valence-corrected chi connectivity index (χ2v) is 4.41. The van der Waals surface area contributed by atoms with E-state index in [2.05, 4.69) is 17.2 Å². The van der Waals surface area contributed by atoms with E-state index in [0.717, 1.165) is 19.3 Å². The number of nitrogens with one attached hydrogen (secondary N) is 1. The third-order valence-electron chi connectivity index (χ3n) is 2.91. The normalized spacial score (nSPS) is 12.1. The summed E-state index contributed by atoms with van der Waals surface area (Å²) in [7, 11) is 0. The average Bonchev–Trinajstić information content (AvgIpc) is 2.36. The zero-order valence-corrected chi connectivity index (χ0v) is 11.0. The first-order chi connectivity index (χ1) is 9.08. The minimum Gasteiger partial charge on any atom is -0.396 e. The number of aliphatic hydroxyl groups is 1. The molecule has 19 heavy (non-hydrogen) atoms. The second-order valence-electron chi connectivity index (χ2n) is 4.41. The Balaban J connectivity index is 2.62. The Labute approximate surface area is 112 Å². The van der Waals surface area contributed by atoms with Crippen molar-refractivity contribution in [1.29, 1.82) is 0 Å². The van der Waals surface area contributed by atoms with Crippen LogP contribution < -0.4 is 11.1 Å². The summed E-state index contributed by atoms with van der Waals surface area (Å²) >= 11 is 0. The van der Waals surface area contributed by atoms with Crippen molar-refractivity contribution >= 4 is 17.3 Å². The molecule has 0 aliphatic carbocycles. The number of hydrogen-bond donors (Lipinski definition) is 3. The monoisotopic (exact) mass is 268 g/mol. The molecule has 0 aromatic carbocycles. The molecule has 0 saturated heterocycles. The molecule has 1 unspecified atom stereocenters. The number of aromatic nitrogens is 1.